The topological polar surface area (TPSA) is 46.5 Å². The van der Waals surface area contributed by atoms with Gasteiger partial charge in [-0.2, -0.15) is 0 Å². The molecule has 0 atom stereocenters. The van der Waals surface area contributed by atoms with E-state index >= 15 is 0 Å². The maximum atomic E-state index is 9.15. The first-order valence-corrected chi connectivity index (χ1v) is 1.22. The molecule has 0 N–H and O–H groups in total. The summed E-state index contributed by atoms with van der Waals surface area (Å²) in [6.45, 7) is 0. The second kappa shape index (κ2) is 1.78. The predicted octanol–water partition coefficient (Wildman–Crippen LogP) is 0.420. The summed E-state index contributed by atoms with van der Waals surface area (Å²) in [4.78, 5) is 17.9. The van der Waals surface area contributed by atoms with Gasteiger partial charge in [0.05, 0.1) is 0 Å². The molecule has 0 rings (SSSR count). The van der Waals surface area contributed by atoms with Crippen LogP contribution < -0.4 is 0 Å². The number of amides is 1. The normalized spacial score (nSPS) is 6.40. The monoisotopic (exact) mass is 90.0 g/mol. The number of hydrogen-bond donors (Lipinski definition) is 0. The SMILES string of the molecule is O=NC(=O)[S-]. The Morgan fingerprint density at radius 2 is 2.00 bits per heavy atom. The fourth-order valence-electron chi connectivity index (χ4n) is 0. The van der Waals surface area contributed by atoms with Crippen molar-refractivity contribution in [2.24, 2.45) is 5.18 Å². The molecule has 0 aromatic carbocycles. The average Bonchev–Trinajstić information content (AvgIpc) is 1.38. The smallest absolute Gasteiger partial charge is 0.170 e. The van der Waals surface area contributed by atoms with E-state index in [1.807, 2.05) is 5.18 Å². The van der Waals surface area contributed by atoms with E-state index in [0.717, 1.165) is 0 Å². The lowest BCUT2D eigenvalue weighted by atomic mass is 11.4. The molecule has 0 saturated carbocycles. The second-order valence-electron chi connectivity index (χ2n) is 0.357. The summed E-state index contributed by atoms with van der Waals surface area (Å²) >= 11 is 3.66. The van der Waals surface area contributed by atoms with Gasteiger partial charge in [0.25, 0.3) is 0 Å². The Kier molecular flexibility index (Phi) is 1.60. The molecular weight excluding hydrogens is 90.1 g/mol. The molecule has 3 nitrogen and oxygen atoms in total. The zero-order valence-corrected chi connectivity index (χ0v) is 2.99. The number of nitroso groups, excluding NO2 is 1. The second-order valence-corrected chi connectivity index (χ2v) is 0.706. The Bertz CT molecular complexity index is 60.7. The highest BCUT2D eigenvalue weighted by molar-refractivity contribution is 7.77. The van der Waals surface area contributed by atoms with Crippen molar-refractivity contribution in [3.05, 3.63) is 4.91 Å². The molecule has 0 unspecified atom stereocenters. The number of nitrogens with zero attached hydrogens (tertiary/aromatic N) is 1. The van der Waals surface area contributed by atoms with Crippen LogP contribution in [0.15, 0.2) is 5.18 Å². The minimum Gasteiger partial charge on any atom is -0.713 e. The molecule has 5 heavy (non-hydrogen) atoms. The predicted molar refractivity (Wildman–Crippen MR) is 18.6 cm³/mol. The largest absolute Gasteiger partial charge is 0.713 e. The van der Waals surface area contributed by atoms with Crippen LogP contribution in [0.4, 0.5) is 4.79 Å². The molecule has 0 aliphatic carbocycles. The molecule has 0 aromatic rings. The van der Waals surface area contributed by atoms with Gasteiger partial charge >= 0.3 is 0 Å². The Balaban J connectivity index is 3.20. The summed E-state index contributed by atoms with van der Waals surface area (Å²) in [5.74, 6) is 0. The molecule has 0 aromatic heterocycles. The summed E-state index contributed by atoms with van der Waals surface area (Å²) in [5.41, 5.74) is 0. The minimum absolute atomic E-state index is 1.09. The quantitative estimate of drug-likeness (QED) is 0.320. The van der Waals surface area contributed by atoms with Crippen LogP contribution in [0.25, 0.3) is 0 Å². The molecule has 0 radical (unpaired) electrons. The van der Waals surface area contributed by atoms with Crippen molar-refractivity contribution in [1.29, 1.82) is 0 Å². The molecule has 28 valence electrons. The first-order chi connectivity index (χ1) is 2.27. The number of hydrogen-bond acceptors (Lipinski definition) is 3. The van der Waals surface area contributed by atoms with Crippen LogP contribution in [-0.4, -0.2) is 5.24 Å². The maximum Gasteiger partial charge on any atom is 0.170 e. The molecule has 0 saturated heterocycles. The van der Waals surface area contributed by atoms with Crippen molar-refractivity contribution in [3.63, 3.8) is 0 Å². The van der Waals surface area contributed by atoms with Gasteiger partial charge in [-0.3, -0.25) is 4.79 Å². The van der Waals surface area contributed by atoms with E-state index in [9.17, 15) is 0 Å². The van der Waals surface area contributed by atoms with E-state index < -0.39 is 5.24 Å². The molecular formula is CNO2S-. The van der Waals surface area contributed by atoms with E-state index in [0.29, 0.717) is 0 Å². The van der Waals surface area contributed by atoms with Crippen LogP contribution in [0.2, 0.25) is 0 Å². The van der Waals surface area contributed by atoms with Crippen molar-refractivity contribution < 1.29 is 4.79 Å². The molecule has 4 heteroatoms. The first-order valence-electron chi connectivity index (χ1n) is 0.814. The maximum absolute atomic E-state index is 9.15. The zero-order valence-electron chi connectivity index (χ0n) is 2.17. The molecule has 0 heterocycles. The lowest BCUT2D eigenvalue weighted by Crippen LogP contribution is -1.71. The van der Waals surface area contributed by atoms with E-state index in [-0.39, 0.29) is 0 Å². The zero-order chi connectivity index (χ0) is 4.28. The van der Waals surface area contributed by atoms with Crippen molar-refractivity contribution in [2.75, 3.05) is 0 Å². The fourth-order valence-corrected chi connectivity index (χ4v) is 0. The summed E-state index contributed by atoms with van der Waals surface area (Å²) in [7, 11) is 0. The molecule has 0 aliphatic heterocycles. The van der Waals surface area contributed by atoms with Crippen molar-refractivity contribution in [1.82, 2.24) is 0 Å². The van der Waals surface area contributed by atoms with Crippen LogP contribution in [0.3, 0.4) is 0 Å². The van der Waals surface area contributed by atoms with E-state index in [1.54, 1.807) is 0 Å². The van der Waals surface area contributed by atoms with E-state index in [1.165, 1.54) is 0 Å². The molecule has 0 aliphatic rings. The van der Waals surface area contributed by atoms with Gasteiger partial charge in [0.1, 0.15) is 0 Å². The number of carbonyl (C=O) groups is 1. The summed E-state index contributed by atoms with van der Waals surface area (Å²) in [6.07, 6.45) is 0. The Labute approximate surface area is 33.8 Å². The van der Waals surface area contributed by atoms with Crippen LogP contribution in [0.1, 0.15) is 0 Å². The highest BCUT2D eigenvalue weighted by Crippen LogP contribution is 1.64. The van der Waals surface area contributed by atoms with Crippen molar-refractivity contribution in [3.8, 4) is 0 Å². The van der Waals surface area contributed by atoms with E-state index in [2.05, 4.69) is 12.6 Å². The number of carbonyl (C=O) groups excluding carboxylic acids is 1. The van der Waals surface area contributed by atoms with Gasteiger partial charge in [-0.15, -0.1) is 4.91 Å². The van der Waals surface area contributed by atoms with Gasteiger partial charge in [0, 0.05) is 0 Å². The van der Waals surface area contributed by atoms with Gasteiger partial charge in [0.2, 0.25) is 0 Å². The van der Waals surface area contributed by atoms with Gasteiger partial charge in [0.15, 0.2) is 5.24 Å². The third-order valence-corrected chi connectivity index (χ3v) is 0.149. The lowest BCUT2D eigenvalue weighted by Gasteiger charge is -1.78. The minimum atomic E-state index is -1.09. The van der Waals surface area contributed by atoms with Gasteiger partial charge in [-0.1, -0.05) is 0 Å². The Morgan fingerprint density at radius 3 is 2.00 bits per heavy atom. The molecule has 0 fully saturated rings. The fraction of sp³-hybridized carbons (Fsp3) is 0. The van der Waals surface area contributed by atoms with Crippen LogP contribution in [-0.2, 0) is 12.6 Å². The third kappa shape index (κ3) is 3.49. The molecule has 1 amide bonds. The standard InChI is InChI=1S/CHNO2S/c3-1(5)2-4/h(H,3,5)/p-1. The third-order valence-electron chi connectivity index (χ3n) is 0.0745. The summed E-state index contributed by atoms with van der Waals surface area (Å²) in [5, 5.41) is 0.722. The molecule has 0 spiro atoms. The van der Waals surface area contributed by atoms with Crippen molar-refractivity contribution in [2.45, 2.75) is 0 Å². The Morgan fingerprint density at radius 1 is 1.80 bits per heavy atom. The summed E-state index contributed by atoms with van der Waals surface area (Å²) in [6, 6.07) is 0. The highest BCUT2D eigenvalue weighted by Gasteiger charge is 1.61. The van der Waals surface area contributed by atoms with Crippen molar-refractivity contribution >= 4 is 17.9 Å². The van der Waals surface area contributed by atoms with E-state index in [4.69, 9.17) is 9.70 Å². The van der Waals surface area contributed by atoms with Crippen LogP contribution in [0, 0.1) is 4.91 Å². The van der Waals surface area contributed by atoms with Crippen LogP contribution >= 0.6 is 0 Å². The summed E-state index contributed by atoms with van der Waals surface area (Å²) < 4.78 is 0. The Hall–Kier alpha value is -0.510. The van der Waals surface area contributed by atoms with Crippen LogP contribution in [0.5, 0.6) is 0 Å². The number of rotatable bonds is 0. The first kappa shape index (κ1) is 4.49. The highest BCUT2D eigenvalue weighted by atomic mass is 32.1. The van der Waals surface area contributed by atoms with Gasteiger partial charge < -0.3 is 12.6 Å². The lowest BCUT2D eigenvalue weighted by molar-refractivity contribution is 0.267. The van der Waals surface area contributed by atoms with Gasteiger partial charge in [-0.05, 0) is 5.18 Å². The average molecular weight is 90.1 g/mol. The molecule has 0 bridgehead atoms. The van der Waals surface area contributed by atoms with Gasteiger partial charge in [-0.25, -0.2) is 0 Å².